The standard InChI is InChI=1S/C10H22N2O2S/c1-10(2,15(3,13)14)9(12-11)7-6-8-4-5-8/h8-9,12H,4-7,11H2,1-3H3. The number of sulfone groups is 1. The molecule has 0 bridgehead atoms. The van der Waals surface area contributed by atoms with Gasteiger partial charge in [-0.2, -0.15) is 0 Å². The third kappa shape index (κ3) is 3.16. The molecule has 0 spiro atoms. The molecule has 1 saturated carbocycles. The molecule has 15 heavy (non-hydrogen) atoms. The van der Waals surface area contributed by atoms with Gasteiger partial charge >= 0.3 is 0 Å². The third-order valence-electron chi connectivity index (χ3n) is 3.56. The van der Waals surface area contributed by atoms with Crippen LogP contribution in [0, 0.1) is 5.92 Å². The normalized spacial score (nSPS) is 20.3. The summed E-state index contributed by atoms with van der Waals surface area (Å²) < 4.78 is 22.4. The van der Waals surface area contributed by atoms with Gasteiger partial charge in [-0.15, -0.1) is 0 Å². The average Bonchev–Trinajstić information content (AvgIpc) is 2.86. The Balaban J connectivity index is 2.62. The van der Waals surface area contributed by atoms with Crippen molar-refractivity contribution in [3.05, 3.63) is 0 Å². The molecule has 1 unspecified atom stereocenters. The predicted molar refractivity (Wildman–Crippen MR) is 62.0 cm³/mol. The maximum atomic E-state index is 11.6. The second kappa shape index (κ2) is 4.39. The zero-order chi connectivity index (χ0) is 11.7. The second-order valence-corrected chi connectivity index (χ2v) is 7.71. The van der Waals surface area contributed by atoms with Crippen molar-refractivity contribution in [2.75, 3.05) is 6.26 Å². The summed E-state index contributed by atoms with van der Waals surface area (Å²) in [4.78, 5) is 0. The van der Waals surface area contributed by atoms with Crippen molar-refractivity contribution < 1.29 is 8.42 Å². The Morgan fingerprint density at radius 1 is 1.47 bits per heavy atom. The quantitative estimate of drug-likeness (QED) is 0.527. The molecule has 1 rings (SSSR count). The first-order valence-corrected chi connectivity index (χ1v) is 7.34. The molecule has 1 aliphatic rings. The van der Waals surface area contributed by atoms with Crippen LogP contribution in [-0.2, 0) is 9.84 Å². The first-order valence-electron chi connectivity index (χ1n) is 5.44. The summed E-state index contributed by atoms with van der Waals surface area (Å²) >= 11 is 0. The smallest absolute Gasteiger partial charge is 0.154 e. The number of hydrogen-bond donors (Lipinski definition) is 2. The van der Waals surface area contributed by atoms with Crippen LogP contribution in [0.1, 0.15) is 39.5 Å². The van der Waals surface area contributed by atoms with Crippen LogP contribution in [0.4, 0.5) is 0 Å². The lowest BCUT2D eigenvalue weighted by atomic mass is 9.97. The number of nitrogens with two attached hydrogens (primary N) is 1. The van der Waals surface area contributed by atoms with Gasteiger partial charge in [-0.1, -0.05) is 12.8 Å². The van der Waals surface area contributed by atoms with Crippen molar-refractivity contribution in [2.45, 2.75) is 50.3 Å². The highest BCUT2D eigenvalue weighted by Gasteiger charge is 2.39. The van der Waals surface area contributed by atoms with Gasteiger partial charge in [0.1, 0.15) is 0 Å². The number of rotatable bonds is 6. The maximum Gasteiger partial charge on any atom is 0.154 e. The molecule has 0 aromatic rings. The van der Waals surface area contributed by atoms with Crippen LogP contribution in [0.25, 0.3) is 0 Å². The van der Waals surface area contributed by atoms with Crippen LogP contribution in [0.5, 0.6) is 0 Å². The molecule has 4 nitrogen and oxygen atoms in total. The summed E-state index contributed by atoms with van der Waals surface area (Å²) in [5.74, 6) is 6.25. The van der Waals surface area contributed by atoms with Crippen molar-refractivity contribution in [3.63, 3.8) is 0 Å². The van der Waals surface area contributed by atoms with Crippen LogP contribution in [-0.4, -0.2) is 25.5 Å². The molecule has 5 heteroatoms. The number of nitrogens with one attached hydrogen (secondary N) is 1. The Morgan fingerprint density at radius 2 is 2.00 bits per heavy atom. The van der Waals surface area contributed by atoms with Gasteiger partial charge in [0, 0.05) is 12.3 Å². The van der Waals surface area contributed by atoms with Crippen molar-refractivity contribution in [1.29, 1.82) is 0 Å². The van der Waals surface area contributed by atoms with Gasteiger partial charge in [0.15, 0.2) is 9.84 Å². The topological polar surface area (TPSA) is 72.2 Å². The van der Waals surface area contributed by atoms with Crippen LogP contribution in [0.3, 0.4) is 0 Å². The fourth-order valence-corrected chi connectivity index (χ4v) is 2.40. The summed E-state index contributed by atoms with van der Waals surface area (Å²) in [6.45, 7) is 3.47. The van der Waals surface area contributed by atoms with Crippen LogP contribution in [0.2, 0.25) is 0 Å². The summed E-state index contributed by atoms with van der Waals surface area (Å²) in [6, 6.07) is -0.159. The van der Waals surface area contributed by atoms with Crippen LogP contribution >= 0.6 is 0 Å². The largest absolute Gasteiger partial charge is 0.271 e. The highest BCUT2D eigenvalue weighted by molar-refractivity contribution is 7.92. The first kappa shape index (κ1) is 12.9. The van der Waals surface area contributed by atoms with E-state index in [2.05, 4.69) is 5.43 Å². The van der Waals surface area contributed by atoms with E-state index in [-0.39, 0.29) is 6.04 Å². The van der Waals surface area contributed by atoms with E-state index in [1.165, 1.54) is 19.1 Å². The summed E-state index contributed by atoms with van der Waals surface area (Å²) in [7, 11) is -3.08. The SMILES string of the molecule is CC(C)(C(CCC1CC1)NN)S(C)(=O)=O. The first-order chi connectivity index (χ1) is 6.79. The zero-order valence-electron chi connectivity index (χ0n) is 9.79. The summed E-state index contributed by atoms with van der Waals surface area (Å²) in [5.41, 5.74) is 2.65. The van der Waals surface area contributed by atoms with Gasteiger partial charge in [-0.25, -0.2) is 8.42 Å². The van der Waals surface area contributed by atoms with E-state index in [4.69, 9.17) is 5.84 Å². The van der Waals surface area contributed by atoms with Gasteiger partial charge < -0.3 is 0 Å². The molecular weight excluding hydrogens is 212 g/mol. The Bertz CT molecular complexity index is 307. The van der Waals surface area contributed by atoms with E-state index in [1.54, 1.807) is 13.8 Å². The Hall–Kier alpha value is -0.130. The van der Waals surface area contributed by atoms with Crippen molar-refractivity contribution in [1.82, 2.24) is 5.43 Å². The predicted octanol–water partition coefficient (Wildman–Crippen LogP) is 0.832. The summed E-state index contributed by atoms with van der Waals surface area (Å²) in [6.07, 6.45) is 5.76. The zero-order valence-corrected chi connectivity index (χ0v) is 10.6. The van der Waals surface area contributed by atoms with E-state index in [1.807, 2.05) is 0 Å². The Labute approximate surface area is 92.5 Å². The fraction of sp³-hybridized carbons (Fsp3) is 1.00. The molecule has 0 saturated heterocycles. The van der Waals surface area contributed by atoms with Gasteiger partial charge in [-0.3, -0.25) is 11.3 Å². The molecule has 0 heterocycles. The molecule has 3 N–H and O–H groups in total. The lowest BCUT2D eigenvalue weighted by Crippen LogP contribution is -2.53. The van der Waals surface area contributed by atoms with Gasteiger partial charge in [0.25, 0.3) is 0 Å². The molecule has 0 radical (unpaired) electrons. The molecule has 0 aromatic heterocycles. The van der Waals surface area contributed by atoms with Crippen LogP contribution in [0.15, 0.2) is 0 Å². The molecule has 1 fully saturated rings. The summed E-state index contributed by atoms with van der Waals surface area (Å²) in [5, 5.41) is 0. The maximum absolute atomic E-state index is 11.6. The van der Waals surface area contributed by atoms with Crippen molar-refractivity contribution >= 4 is 9.84 Å². The van der Waals surface area contributed by atoms with Crippen LogP contribution < -0.4 is 11.3 Å². The minimum absolute atomic E-state index is 0.159. The molecule has 90 valence electrons. The van der Waals surface area contributed by atoms with Gasteiger partial charge in [0.2, 0.25) is 0 Å². The number of hydrazine groups is 1. The molecule has 1 atom stereocenters. The lowest BCUT2D eigenvalue weighted by Gasteiger charge is -2.32. The van der Waals surface area contributed by atoms with E-state index in [0.717, 1.165) is 18.8 Å². The minimum Gasteiger partial charge on any atom is -0.271 e. The number of hydrogen-bond acceptors (Lipinski definition) is 4. The molecule has 0 aliphatic heterocycles. The highest BCUT2D eigenvalue weighted by Crippen LogP contribution is 2.35. The Morgan fingerprint density at radius 3 is 2.33 bits per heavy atom. The lowest BCUT2D eigenvalue weighted by molar-refractivity contribution is 0.379. The average molecular weight is 234 g/mol. The molecule has 0 aromatic carbocycles. The van der Waals surface area contributed by atoms with E-state index in [9.17, 15) is 8.42 Å². The van der Waals surface area contributed by atoms with Gasteiger partial charge in [-0.05, 0) is 32.6 Å². The minimum atomic E-state index is -3.08. The highest BCUT2D eigenvalue weighted by atomic mass is 32.2. The fourth-order valence-electron chi connectivity index (χ4n) is 1.70. The molecule has 1 aliphatic carbocycles. The third-order valence-corrected chi connectivity index (χ3v) is 5.75. The van der Waals surface area contributed by atoms with Gasteiger partial charge in [0.05, 0.1) is 4.75 Å². The van der Waals surface area contributed by atoms with E-state index >= 15 is 0 Å². The van der Waals surface area contributed by atoms with Crippen molar-refractivity contribution in [3.8, 4) is 0 Å². The van der Waals surface area contributed by atoms with E-state index < -0.39 is 14.6 Å². The molecule has 0 amide bonds. The Kier molecular flexibility index (Phi) is 3.79. The van der Waals surface area contributed by atoms with Crippen molar-refractivity contribution in [2.24, 2.45) is 11.8 Å². The second-order valence-electron chi connectivity index (χ2n) is 5.12. The monoisotopic (exact) mass is 234 g/mol. The van der Waals surface area contributed by atoms with E-state index in [0.29, 0.717) is 0 Å². The molecular formula is C10H22N2O2S.